The van der Waals surface area contributed by atoms with E-state index in [9.17, 15) is 4.79 Å². The van der Waals surface area contributed by atoms with Gasteiger partial charge in [0.2, 0.25) is 0 Å². The van der Waals surface area contributed by atoms with E-state index in [0.717, 1.165) is 12.8 Å². The van der Waals surface area contributed by atoms with Crippen LogP contribution < -0.4 is 0 Å². The lowest BCUT2D eigenvalue weighted by atomic mass is 10.1. The SMILES string of the molecule is O=CC(I)CN1CCCCC1. The summed E-state index contributed by atoms with van der Waals surface area (Å²) in [5, 5.41) is 0. The van der Waals surface area contributed by atoms with Crippen molar-refractivity contribution in [2.24, 2.45) is 0 Å². The molecule has 64 valence electrons. The molecule has 1 unspecified atom stereocenters. The van der Waals surface area contributed by atoms with Gasteiger partial charge < -0.3 is 9.69 Å². The van der Waals surface area contributed by atoms with Crippen LogP contribution in [0.2, 0.25) is 0 Å². The van der Waals surface area contributed by atoms with Crippen LogP contribution in [0.15, 0.2) is 0 Å². The van der Waals surface area contributed by atoms with Gasteiger partial charge in [-0.3, -0.25) is 0 Å². The number of carbonyl (C=O) groups excluding carboxylic acids is 1. The molecule has 1 fully saturated rings. The van der Waals surface area contributed by atoms with Gasteiger partial charge in [-0.2, -0.15) is 0 Å². The third-order valence-electron chi connectivity index (χ3n) is 2.03. The molecule has 0 aromatic carbocycles. The number of aldehydes is 1. The van der Waals surface area contributed by atoms with Crippen molar-refractivity contribution < 1.29 is 4.79 Å². The molecule has 0 N–H and O–H groups in total. The van der Waals surface area contributed by atoms with E-state index in [0.29, 0.717) is 0 Å². The molecule has 0 bridgehead atoms. The maximum atomic E-state index is 10.3. The molecule has 2 nitrogen and oxygen atoms in total. The minimum Gasteiger partial charge on any atom is -0.302 e. The molecule has 1 heterocycles. The highest BCUT2D eigenvalue weighted by Gasteiger charge is 2.12. The van der Waals surface area contributed by atoms with Crippen LogP contribution in [0.25, 0.3) is 0 Å². The highest BCUT2D eigenvalue weighted by molar-refractivity contribution is 14.1. The van der Waals surface area contributed by atoms with Crippen molar-refractivity contribution in [3.8, 4) is 0 Å². The number of likely N-dealkylation sites (tertiary alicyclic amines) is 1. The Kier molecular flexibility index (Phi) is 4.37. The lowest BCUT2D eigenvalue weighted by Crippen LogP contribution is -2.34. The molecule has 1 saturated heterocycles. The summed E-state index contributed by atoms with van der Waals surface area (Å²) >= 11 is 2.20. The van der Waals surface area contributed by atoms with Gasteiger partial charge in [-0.1, -0.05) is 29.0 Å². The highest BCUT2D eigenvalue weighted by Crippen LogP contribution is 2.10. The molecule has 0 aromatic heterocycles. The third-order valence-corrected chi connectivity index (χ3v) is 2.72. The zero-order valence-corrected chi connectivity index (χ0v) is 8.79. The van der Waals surface area contributed by atoms with Gasteiger partial charge >= 0.3 is 0 Å². The molecule has 1 aliphatic heterocycles. The summed E-state index contributed by atoms with van der Waals surface area (Å²) in [5.41, 5.74) is 0. The number of alkyl halides is 1. The summed E-state index contributed by atoms with van der Waals surface area (Å²) in [4.78, 5) is 12.7. The first-order chi connectivity index (χ1) is 5.33. The van der Waals surface area contributed by atoms with Crippen molar-refractivity contribution in [3.63, 3.8) is 0 Å². The van der Waals surface area contributed by atoms with Gasteiger partial charge in [-0.05, 0) is 25.9 Å². The van der Waals surface area contributed by atoms with E-state index >= 15 is 0 Å². The predicted octanol–water partition coefficient (Wildman–Crippen LogP) is 1.47. The van der Waals surface area contributed by atoms with Gasteiger partial charge in [-0.15, -0.1) is 0 Å². The maximum absolute atomic E-state index is 10.3. The molecule has 0 amide bonds. The van der Waals surface area contributed by atoms with Crippen molar-refractivity contribution in [2.75, 3.05) is 19.6 Å². The van der Waals surface area contributed by atoms with E-state index in [1.807, 2.05) is 0 Å². The van der Waals surface area contributed by atoms with Crippen LogP contribution in [0.3, 0.4) is 0 Å². The summed E-state index contributed by atoms with van der Waals surface area (Å²) in [5.74, 6) is 0. The van der Waals surface area contributed by atoms with Crippen LogP contribution >= 0.6 is 22.6 Å². The molecule has 0 spiro atoms. The largest absolute Gasteiger partial charge is 0.302 e. The van der Waals surface area contributed by atoms with Crippen molar-refractivity contribution in [1.29, 1.82) is 0 Å². The van der Waals surface area contributed by atoms with Crippen LogP contribution in [-0.2, 0) is 4.79 Å². The van der Waals surface area contributed by atoms with Crippen LogP contribution in [0, 0.1) is 0 Å². The Bertz CT molecular complexity index is 123. The second-order valence-electron chi connectivity index (χ2n) is 3.01. The first-order valence-corrected chi connectivity index (χ1v) is 5.39. The van der Waals surface area contributed by atoms with Gasteiger partial charge in [0.25, 0.3) is 0 Å². The fraction of sp³-hybridized carbons (Fsp3) is 0.875. The van der Waals surface area contributed by atoms with Crippen LogP contribution in [0.1, 0.15) is 19.3 Å². The molecular formula is C8H14INO. The first kappa shape index (κ1) is 9.45. The Morgan fingerprint density at radius 1 is 1.36 bits per heavy atom. The van der Waals surface area contributed by atoms with Gasteiger partial charge in [0.15, 0.2) is 0 Å². The molecule has 1 aliphatic rings. The quantitative estimate of drug-likeness (QED) is 0.438. The Balaban J connectivity index is 2.18. The molecule has 1 rings (SSSR count). The fourth-order valence-electron chi connectivity index (χ4n) is 1.43. The Labute approximate surface area is 81.5 Å². The van der Waals surface area contributed by atoms with Crippen molar-refractivity contribution in [1.82, 2.24) is 4.90 Å². The summed E-state index contributed by atoms with van der Waals surface area (Å²) in [7, 11) is 0. The minimum atomic E-state index is 0.186. The average molecular weight is 267 g/mol. The topological polar surface area (TPSA) is 20.3 Å². The molecule has 3 heteroatoms. The van der Waals surface area contributed by atoms with E-state index in [1.165, 1.54) is 32.4 Å². The van der Waals surface area contributed by atoms with E-state index < -0.39 is 0 Å². The van der Waals surface area contributed by atoms with Crippen LogP contribution in [0.5, 0.6) is 0 Å². The third kappa shape index (κ3) is 3.51. The minimum absolute atomic E-state index is 0.186. The predicted molar refractivity (Wildman–Crippen MR) is 54.2 cm³/mol. The maximum Gasteiger partial charge on any atom is 0.134 e. The molecule has 0 saturated carbocycles. The molecule has 1 atom stereocenters. The smallest absolute Gasteiger partial charge is 0.134 e. The number of nitrogens with zero attached hydrogens (tertiary/aromatic N) is 1. The van der Waals surface area contributed by atoms with E-state index in [4.69, 9.17) is 0 Å². The van der Waals surface area contributed by atoms with Gasteiger partial charge in [0, 0.05) is 6.54 Å². The highest BCUT2D eigenvalue weighted by atomic mass is 127. The normalized spacial score (nSPS) is 23.0. The molecular weight excluding hydrogens is 253 g/mol. The Morgan fingerprint density at radius 3 is 2.55 bits per heavy atom. The van der Waals surface area contributed by atoms with Crippen LogP contribution in [0.4, 0.5) is 0 Å². The molecule has 11 heavy (non-hydrogen) atoms. The molecule has 0 radical (unpaired) electrons. The van der Waals surface area contributed by atoms with Crippen molar-refractivity contribution in [3.05, 3.63) is 0 Å². The van der Waals surface area contributed by atoms with Crippen molar-refractivity contribution in [2.45, 2.75) is 23.2 Å². The second-order valence-corrected chi connectivity index (χ2v) is 4.61. The van der Waals surface area contributed by atoms with Crippen LogP contribution in [-0.4, -0.2) is 34.7 Å². The number of carbonyl (C=O) groups is 1. The summed E-state index contributed by atoms with van der Waals surface area (Å²) < 4.78 is 0.186. The molecule has 0 aromatic rings. The summed E-state index contributed by atoms with van der Waals surface area (Å²) in [6.07, 6.45) is 5.02. The monoisotopic (exact) mass is 267 g/mol. The fourth-order valence-corrected chi connectivity index (χ4v) is 1.99. The number of hydrogen-bond acceptors (Lipinski definition) is 2. The van der Waals surface area contributed by atoms with E-state index in [1.54, 1.807) is 0 Å². The van der Waals surface area contributed by atoms with Gasteiger partial charge in [0.05, 0.1) is 3.92 Å². The number of hydrogen-bond donors (Lipinski definition) is 0. The Morgan fingerprint density at radius 2 is 2.00 bits per heavy atom. The number of halogens is 1. The summed E-state index contributed by atoms with van der Waals surface area (Å²) in [6, 6.07) is 0. The lowest BCUT2D eigenvalue weighted by molar-refractivity contribution is -0.107. The van der Waals surface area contributed by atoms with Gasteiger partial charge in [0.1, 0.15) is 6.29 Å². The van der Waals surface area contributed by atoms with E-state index in [-0.39, 0.29) is 3.92 Å². The lowest BCUT2D eigenvalue weighted by Gasteiger charge is -2.26. The first-order valence-electron chi connectivity index (χ1n) is 4.14. The number of rotatable bonds is 3. The molecule has 0 aliphatic carbocycles. The second kappa shape index (κ2) is 5.09. The standard InChI is InChI=1S/C8H14INO/c9-8(7-11)6-10-4-2-1-3-5-10/h7-8H,1-6H2. The van der Waals surface area contributed by atoms with E-state index in [2.05, 4.69) is 27.5 Å². The zero-order valence-electron chi connectivity index (χ0n) is 6.63. The zero-order chi connectivity index (χ0) is 8.10. The summed E-state index contributed by atoms with van der Waals surface area (Å²) in [6.45, 7) is 3.32. The number of piperidine rings is 1. The van der Waals surface area contributed by atoms with Crippen molar-refractivity contribution >= 4 is 28.9 Å². The average Bonchev–Trinajstić information content (AvgIpc) is 2.06. The van der Waals surface area contributed by atoms with Gasteiger partial charge in [-0.25, -0.2) is 0 Å². The Hall–Kier alpha value is 0.360.